The first kappa shape index (κ1) is 12.3. The van der Waals surface area contributed by atoms with Gasteiger partial charge in [-0.3, -0.25) is 4.79 Å². The lowest BCUT2D eigenvalue weighted by Gasteiger charge is -2.06. The van der Waals surface area contributed by atoms with Crippen molar-refractivity contribution in [3.05, 3.63) is 53.4 Å². The Labute approximate surface area is 104 Å². The Kier molecular flexibility index (Phi) is 3.72. The number of aromatic amines is 1. The summed E-state index contributed by atoms with van der Waals surface area (Å²) in [4.78, 5) is 18.6. The third-order valence-corrected chi connectivity index (χ3v) is 2.67. The number of hydrogen-bond donors (Lipinski definition) is 2. The summed E-state index contributed by atoms with van der Waals surface area (Å²) < 4.78 is 13.7. The molecule has 5 heteroatoms. The number of nitrogens with zero attached hydrogens (tertiary/aromatic N) is 1. The second-order valence-corrected chi connectivity index (χ2v) is 4.02. The van der Waals surface area contributed by atoms with Crippen molar-refractivity contribution in [1.82, 2.24) is 15.3 Å². The van der Waals surface area contributed by atoms with Gasteiger partial charge in [0.15, 0.2) is 0 Å². The van der Waals surface area contributed by atoms with E-state index < -0.39 is 11.7 Å². The molecule has 0 saturated carbocycles. The van der Waals surface area contributed by atoms with Gasteiger partial charge in [0, 0.05) is 24.9 Å². The van der Waals surface area contributed by atoms with E-state index in [1.165, 1.54) is 6.07 Å². The minimum atomic E-state index is -0.462. The fourth-order valence-electron chi connectivity index (χ4n) is 1.65. The Morgan fingerprint density at radius 1 is 1.50 bits per heavy atom. The smallest absolute Gasteiger partial charge is 0.254 e. The molecule has 0 radical (unpaired) electrons. The van der Waals surface area contributed by atoms with Crippen molar-refractivity contribution in [2.75, 3.05) is 6.54 Å². The minimum absolute atomic E-state index is 0.0830. The molecule has 18 heavy (non-hydrogen) atoms. The van der Waals surface area contributed by atoms with Gasteiger partial charge in [0.1, 0.15) is 5.82 Å². The van der Waals surface area contributed by atoms with Gasteiger partial charge in [-0.2, -0.15) is 0 Å². The number of hydrogen-bond acceptors (Lipinski definition) is 2. The molecule has 0 aliphatic rings. The number of aryl methyl sites for hydroxylation is 1. The summed E-state index contributed by atoms with van der Waals surface area (Å²) >= 11 is 0. The second-order valence-electron chi connectivity index (χ2n) is 4.02. The van der Waals surface area contributed by atoms with Crippen LogP contribution in [0.3, 0.4) is 0 Å². The molecule has 2 N–H and O–H groups in total. The summed E-state index contributed by atoms with van der Waals surface area (Å²) in [5, 5.41) is 2.68. The van der Waals surface area contributed by atoms with Crippen LogP contribution in [-0.4, -0.2) is 22.4 Å². The highest BCUT2D eigenvalue weighted by atomic mass is 19.1. The van der Waals surface area contributed by atoms with E-state index in [4.69, 9.17) is 0 Å². The number of rotatable bonds is 4. The quantitative estimate of drug-likeness (QED) is 0.866. The second kappa shape index (κ2) is 5.44. The predicted molar refractivity (Wildman–Crippen MR) is 65.8 cm³/mol. The lowest BCUT2D eigenvalue weighted by molar-refractivity contribution is 0.0950. The normalized spacial score (nSPS) is 10.3. The fourth-order valence-corrected chi connectivity index (χ4v) is 1.65. The molecule has 0 saturated heterocycles. The molecule has 0 fully saturated rings. The standard InChI is InChI=1S/C13H14FN3O/c1-9-3-2-4-11(12(9)14)13(18)16-6-5-10-7-15-8-17-10/h2-4,7-8H,5-6H2,1H3,(H,15,17)(H,16,18). The van der Waals surface area contributed by atoms with Crippen molar-refractivity contribution in [3.8, 4) is 0 Å². The summed E-state index contributed by atoms with van der Waals surface area (Å²) in [7, 11) is 0. The van der Waals surface area contributed by atoms with E-state index in [0.29, 0.717) is 18.5 Å². The summed E-state index contributed by atoms with van der Waals surface area (Å²) in [5.74, 6) is -0.854. The van der Waals surface area contributed by atoms with Crippen LogP contribution in [0.4, 0.5) is 4.39 Å². The van der Waals surface area contributed by atoms with Crippen LogP contribution in [0, 0.1) is 12.7 Å². The third kappa shape index (κ3) is 2.74. The highest BCUT2D eigenvalue weighted by molar-refractivity contribution is 5.94. The maximum Gasteiger partial charge on any atom is 0.254 e. The SMILES string of the molecule is Cc1cccc(C(=O)NCCc2cnc[nH]2)c1F. The van der Waals surface area contributed by atoms with Gasteiger partial charge in [0.05, 0.1) is 11.9 Å². The van der Waals surface area contributed by atoms with Gasteiger partial charge < -0.3 is 10.3 Å². The van der Waals surface area contributed by atoms with E-state index in [2.05, 4.69) is 15.3 Å². The molecule has 2 aromatic rings. The van der Waals surface area contributed by atoms with Gasteiger partial charge in [-0.1, -0.05) is 12.1 Å². The van der Waals surface area contributed by atoms with Crippen LogP contribution in [0.2, 0.25) is 0 Å². The topological polar surface area (TPSA) is 57.8 Å². The maximum absolute atomic E-state index is 13.7. The zero-order valence-electron chi connectivity index (χ0n) is 10.0. The van der Waals surface area contributed by atoms with E-state index in [-0.39, 0.29) is 5.56 Å². The zero-order chi connectivity index (χ0) is 13.0. The molecule has 94 valence electrons. The van der Waals surface area contributed by atoms with Crippen molar-refractivity contribution < 1.29 is 9.18 Å². The van der Waals surface area contributed by atoms with E-state index in [1.54, 1.807) is 31.6 Å². The molecular formula is C13H14FN3O. The molecule has 0 atom stereocenters. The van der Waals surface area contributed by atoms with Crippen LogP contribution in [-0.2, 0) is 6.42 Å². The highest BCUT2D eigenvalue weighted by Crippen LogP contribution is 2.11. The van der Waals surface area contributed by atoms with E-state index >= 15 is 0 Å². The first-order chi connectivity index (χ1) is 8.68. The molecule has 0 aliphatic heterocycles. The average Bonchev–Trinajstić information content (AvgIpc) is 2.85. The monoisotopic (exact) mass is 247 g/mol. The summed E-state index contributed by atoms with van der Waals surface area (Å²) in [6, 6.07) is 4.78. The van der Waals surface area contributed by atoms with Crippen LogP contribution in [0.15, 0.2) is 30.7 Å². The average molecular weight is 247 g/mol. The molecule has 0 bridgehead atoms. The molecular weight excluding hydrogens is 233 g/mol. The first-order valence-electron chi connectivity index (χ1n) is 5.69. The lowest BCUT2D eigenvalue weighted by Crippen LogP contribution is -2.26. The molecule has 0 unspecified atom stereocenters. The molecule has 4 nitrogen and oxygen atoms in total. The molecule has 0 spiro atoms. The number of nitrogens with one attached hydrogen (secondary N) is 2. The van der Waals surface area contributed by atoms with Gasteiger partial charge in [-0.05, 0) is 18.6 Å². The number of aromatic nitrogens is 2. The molecule has 1 aromatic carbocycles. The van der Waals surface area contributed by atoms with Crippen molar-refractivity contribution in [2.24, 2.45) is 0 Å². The van der Waals surface area contributed by atoms with Gasteiger partial charge in [0.2, 0.25) is 0 Å². The Bertz CT molecular complexity index is 537. The molecule has 1 aromatic heterocycles. The van der Waals surface area contributed by atoms with E-state index in [0.717, 1.165) is 5.69 Å². The largest absolute Gasteiger partial charge is 0.352 e. The molecule has 0 aliphatic carbocycles. The molecule has 2 rings (SSSR count). The van der Waals surface area contributed by atoms with Crippen LogP contribution in [0.5, 0.6) is 0 Å². The van der Waals surface area contributed by atoms with Gasteiger partial charge >= 0.3 is 0 Å². The minimum Gasteiger partial charge on any atom is -0.352 e. The Balaban J connectivity index is 1.93. The lowest BCUT2D eigenvalue weighted by atomic mass is 10.1. The highest BCUT2D eigenvalue weighted by Gasteiger charge is 2.12. The van der Waals surface area contributed by atoms with Crippen molar-refractivity contribution in [3.63, 3.8) is 0 Å². The van der Waals surface area contributed by atoms with Crippen LogP contribution in [0.25, 0.3) is 0 Å². The number of benzene rings is 1. The summed E-state index contributed by atoms with van der Waals surface area (Å²) in [5.41, 5.74) is 1.48. The van der Waals surface area contributed by atoms with Crippen molar-refractivity contribution in [2.45, 2.75) is 13.3 Å². The van der Waals surface area contributed by atoms with Crippen LogP contribution >= 0.6 is 0 Å². The number of carbonyl (C=O) groups excluding carboxylic acids is 1. The summed E-state index contributed by atoms with van der Waals surface area (Å²) in [6.07, 6.45) is 3.91. The Morgan fingerprint density at radius 2 is 2.33 bits per heavy atom. The van der Waals surface area contributed by atoms with Crippen molar-refractivity contribution in [1.29, 1.82) is 0 Å². The van der Waals surface area contributed by atoms with Crippen LogP contribution in [0.1, 0.15) is 21.6 Å². The molecule has 1 heterocycles. The molecule has 1 amide bonds. The third-order valence-electron chi connectivity index (χ3n) is 2.67. The zero-order valence-corrected chi connectivity index (χ0v) is 10.0. The van der Waals surface area contributed by atoms with E-state index in [1.807, 2.05) is 0 Å². The van der Waals surface area contributed by atoms with Gasteiger partial charge in [-0.15, -0.1) is 0 Å². The van der Waals surface area contributed by atoms with Gasteiger partial charge in [-0.25, -0.2) is 9.37 Å². The Morgan fingerprint density at radius 3 is 3.06 bits per heavy atom. The predicted octanol–water partition coefficient (Wildman–Crippen LogP) is 1.83. The van der Waals surface area contributed by atoms with Crippen LogP contribution < -0.4 is 5.32 Å². The van der Waals surface area contributed by atoms with Crippen molar-refractivity contribution >= 4 is 5.91 Å². The fraction of sp³-hybridized carbons (Fsp3) is 0.231. The van der Waals surface area contributed by atoms with E-state index in [9.17, 15) is 9.18 Å². The van der Waals surface area contributed by atoms with Gasteiger partial charge in [0.25, 0.3) is 5.91 Å². The number of carbonyl (C=O) groups is 1. The Hall–Kier alpha value is -2.17. The summed E-state index contributed by atoms with van der Waals surface area (Å²) in [6.45, 7) is 2.07. The number of H-pyrrole nitrogens is 1. The maximum atomic E-state index is 13.7. The number of halogens is 1. The number of amides is 1. The first-order valence-corrected chi connectivity index (χ1v) is 5.69. The number of imidazole rings is 1.